The summed E-state index contributed by atoms with van der Waals surface area (Å²) in [5.74, 6) is 1.18. The molecule has 1 fully saturated rings. The number of amides is 1. The third-order valence-electron chi connectivity index (χ3n) is 3.16. The molecule has 0 unspecified atom stereocenters. The lowest BCUT2D eigenvalue weighted by Crippen LogP contribution is -2.41. The van der Waals surface area contributed by atoms with Gasteiger partial charge in [0.1, 0.15) is 5.78 Å². The second-order valence-electron chi connectivity index (χ2n) is 4.48. The van der Waals surface area contributed by atoms with Crippen molar-refractivity contribution in [3.8, 4) is 11.5 Å². The summed E-state index contributed by atoms with van der Waals surface area (Å²) in [6.45, 7) is 0.898. The van der Waals surface area contributed by atoms with E-state index in [2.05, 4.69) is 15.9 Å². The summed E-state index contributed by atoms with van der Waals surface area (Å²) in [7, 11) is 1.55. The van der Waals surface area contributed by atoms with Crippen LogP contribution < -0.4 is 9.47 Å². The average Bonchev–Trinajstić information content (AvgIpc) is 2.46. The van der Waals surface area contributed by atoms with E-state index in [1.165, 1.54) is 0 Å². The van der Waals surface area contributed by atoms with Crippen molar-refractivity contribution in [2.75, 3.05) is 26.8 Å². The molecule has 2 rings (SSSR count). The number of likely N-dealkylation sites (tertiary alicyclic amines) is 1. The fraction of sp³-hybridized carbons (Fsp3) is 0.429. The van der Waals surface area contributed by atoms with E-state index in [1.807, 2.05) is 12.1 Å². The van der Waals surface area contributed by atoms with Crippen molar-refractivity contribution in [1.29, 1.82) is 0 Å². The minimum Gasteiger partial charge on any atom is -0.493 e. The first kappa shape index (κ1) is 14.8. The van der Waals surface area contributed by atoms with Crippen molar-refractivity contribution in [2.45, 2.75) is 12.8 Å². The van der Waals surface area contributed by atoms with Gasteiger partial charge in [-0.2, -0.15) is 0 Å². The quantitative estimate of drug-likeness (QED) is 0.840. The van der Waals surface area contributed by atoms with Crippen LogP contribution in [0.1, 0.15) is 12.8 Å². The molecule has 1 aromatic carbocycles. The maximum absolute atomic E-state index is 12.0. The molecule has 1 aromatic rings. The molecule has 0 atom stereocenters. The van der Waals surface area contributed by atoms with Crippen molar-refractivity contribution in [3.63, 3.8) is 0 Å². The smallest absolute Gasteiger partial charge is 0.260 e. The molecule has 5 nitrogen and oxygen atoms in total. The molecule has 0 radical (unpaired) electrons. The molecule has 0 saturated carbocycles. The number of carbonyl (C=O) groups excluding carboxylic acids is 2. The number of methoxy groups -OCH3 is 1. The van der Waals surface area contributed by atoms with Gasteiger partial charge in [0, 0.05) is 25.9 Å². The van der Waals surface area contributed by atoms with Gasteiger partial charge in [0.25, 0.3) is 5.91 Å². The van der Waals surface area contributed by atoms with E-state index in [4.69, 9.17) is 9.47 Å². The molecular weight excluding hydrogens is 326 g/mol. The Hall–Kier alpha value is -1.56. The Kier molecular flexibility index (Phi) is 5.00. The number of Topliss-reactive ketones (excluding diaryl/α,β-unsaturated/α-hetero) is 1. The van der Waals surface area contributed by atoms with Crippen LogP contribution in [0, 0.1) is 0 Å². The molecule has 0 aliphatic carbocycles. The second kappa shape index (κ2) is 6.74. The maximum atomic E-state index is 12.0. The average molecular weight is 342 g/mol. The molecule has 20 heavy (non-hydrogen) atoms. The number of nitrogens with zero attached hydrogens (tertiary/aromatic N) is 1. The first-order valence-corrected chi connectivity index (χ1v) is 7.16. The molecule has 0 spiro atoms. The Bertz CT molecular complexity index is 508. The van der Waals surface area contributed by atoms with Gasteiger partial charge in [-0.25, -0.2) is 0 Å². The van der Waals surface area contributed by atoms with E-state index in [0.29, 0.717) is 37.4 Å². The van der Waals surface area contributed by atoms with Crippen LogP contribution in [0.2, 0.25) is 0 Å². The van der Waals surface area contributed by atoms with Crippen molar-refractivity contribution in [3.05, 3.63) is 22.7 Å². The fourth-order valence-corrected chi connectivity index (χ4v) is 2.48. The number of ketones is 1. The van der Waals surface area contributed by atoms with Crippen LogP contribution in [-0.2, 0) is 9.59 Å². The summed E-state index contributed by atoms with van der Waals surface area (Å²) in [5, 5.41) is 0. The van der Waals surface area contributed by atoms with Gasteiger partial charge in [-0.15, -0.1) is 0 Å². The topological polar surface area (TPSA) is 55.8 Å². The SMILES string of the molecule is COc1cccc(Br)c1OCC(=O)N1CCC(=O)CC1. The minimum atomic E-state index is -0.115. The lowest BCUT2D eigenvalue weighted by molar-refractivity contribution is -0.136. The molecular formula is C14H16BrNO4. The number of hydrogen-bond donors (Lipinski definition) is 0. The van der Waals surface area contributed by atoms with Gasteiger partial charge in [-0.05, 0) is 28.1 Å². The molecule has 0 aromatic heterocycles. The highest BCUT2D eigenvalue weighted by atomic mass is 79.9. The Balaban J connectivity index is 1.95. The van der Waals surface area contributed by atoms with Crippen molar-refractivity contribution in [2.24, 2.45) is 0 Å². The number of piperidine rings is 1. The Morgan fingerprint density at radius 3 is 2.70 bits per heavy atom. The highest BCUT2D eigenvalue weighted by Crippen LogP contribution is 2.34. The number of rotatable bonds is 4. The van der Waals surface area contributed by atoms with Crippen LogP contribution in [0.3, 0.4) is 0 Å². The first-order valence-electron chi connectivity index (χ1n) is 6.36. The maximum Gasteiger partial charge on any atom is 0.260 e. The summed E-state index contributed by atoms with van der Waals surface area (Å²) >= 11 is 3.37. The first-order chi connectivity index (χ1) is 9.61. The number of benzene rings is 1. The van der Waals surface area contributed by atoms with E-state index >= 15 is 0 Å². The Morgan fingerprint density at radius 2 is 2.05 bits per heavy atom. The normalized spacial score (nSPS) is 15.1. The Labute approximate surface area is 126 Å². The van der Waals surface area contributed by atoms with E-state index in [1.54, 1.807) is 18.1 Å². The lowest BCUT2D eigenvalue weighted by Gasteiger charge is -2.26. The minimum absolute atomic E-state index is 0.0623. The summed E-state index contributed by atoms with van der Waals surface area (Å²) in [6, 6.07) is 5.42. The summed E-state index contributed by atoms with van der Waals surface area (Å²) in [4.78, 5) is 24.8. The predicted molar refractivity (Wildman–Crippen MR) is 77.0 cm³/mol. The monoisotopic (exact) mass is 341 g/mol. The standard InChI is InChI=1S/C14H16BrNO4/c1-19-12-4-2-3-11(15)14(12)20-9-13(18)16-7-5-10(17)6-8-16/h2-4H,5-9H2,1H3. The van der Waals surface area contributed by atoms with E-state index in [-0.39, 0.29) is 18.3 Å². The highest BCUT2D eigenvalue weighted by Gasteiger charge is 2.21. The van der Waals surface area contributed by atoms with E-state index in [0.717, 1.165) is 4.47 Å². The number of para-hydroxylation sites is 1. The van der Waals surface area contributed by atoms with Crippen molar-refractivity contribution < 1.29 is 19.1 Å². The van der Waals surface area contributed by atoms with Gasteiger partial charge < -0.3 is 14.4 Å². The Morgan fingerprint density at radius 1 is 1.35 bits per heavy atom. The molecule has 1 saturated heterocycles. The second-order valence-corrected chi connectivity index (χ2v) is 5.33. The van der Waals surface area contributed by atoms with Gasteiger partial charge in [0.2, 0.25) is 0 Å². The zero-order valence-electron chi connectivity index (χ0n) is 11.2. The van der Waals surface area contributed by atoms with Gasteiger partial charge in [0.15, 0.2) is 18.1 Å². The third kappa shape index (κ3) is 3.50. The van der Waals surface area contributed by atoms with Crippen molar-refractivity contribution in [1.82, 2.24) is 4.90 Å². The van der Waals surface area contributed by atoms with Crippen LogP contribution in [-0.4, -0.2) is 43.4 Å². The molecule has 6 heteroatoms. The molecule has 108 valence electrons. The summed E-state index contributed by atoms with van der Waals surface area (Å²) in [5.41, 5.74) is 0. The zero-order valence-corrected chi connectivity index (χ0v) is 12.8. The predicted octanol–water partition coefficient (Wildman–Crippen LogP) is 2.03. The van der Waals surface area contributed by atoms with Gasteiger partial charge in [0.05, 0.1) is 11.6 Å². The number of hydrogen-bond acceptors (Lipinski definition) is 4. The molecule has 1 aliphatic rings. The van der Waals surface area contributed by atoms with Crippen LogP contribution in [0.4, 0.5) is 0 Å². The summed E-state index contributed by atoms with van der Waals surface area (Å²) in [6.07, 6.45) is 0.869. The highest BCUT2D eigenvalue weighted by molar-refractivity contribution is 9.10. The molecule has 1 heterocycles. The third-order valence-corrected chi connectivity index (χ3v) is 3.79. The van der Waals surface area contributed by atoms with Crippen LogP contribution >= 0.6 is 15.9 Å². The van der Waals surface area contributed by atoms with Crippen LogP contribution in [0.5, 0.6) is 11.5 Å². The van der Waals surface area contributed by atoms with Gasteiger partial charge in [-0.3, -0.25) is 9.59 Å². The van der Waals surface area contributed by atoms with Gasteiger partial charge in [-0.1, -0.05) is 6.07 Å². The van der Waals surface area contributed by atoms with Crippen LogP contribution in [0.15, 0.2) is 22.7 Å². The molecule has 1 amide bonds. The summed E-state index contributed by atoms with van der Waals surface area (Å²) < 4.78 is 11.5. The van der Waals surface area contributed by atoms with Crippen LogP contribution in [0.25, 0.3) is 0 Å². The zero-order chi connectivity index (χ0) is 14.5. The van der Waals surface area contributed by atoms with Crippen molar-refractivity contribution >= 4 is 27.6 Å². The number of ether oxygens (including phenoxy) is 2. The van der Waals surface area contributed by atoms with Gasteiger partial charge >= 0.3 is 0 Å². The molecule has 1 aliphatic heterocycles. The van der Waals surface area contributed by atoms with E-state index < -0.39 is 0 Å². The number of carbonyl (C=O) groups is 2. The lowest BCUT2D eigenvalue weighted by atomic mass is 10.1. The largest absolute Gasteiger partial charge is 0.493 e. The molecule has 0 bridgehead atoms. The number of halogens is 1. The molecule has 0 N–H and O–H groups in total. The fourth-order valence-electron chi connectivity index (χ4n) is 2.02. The van der Waals surface area contributed by atoms with E-state index in [9.17, 15) is 9.59 Å².